The predicted octanol–water partition coefficient (Wildman–Crippen LogP) is 20.5. The van der Waals surface area contributed by atoms with Gasteiger partial charge in [-0.25, -0.2) is 0 Å². The van der Waals surface area contributed by atoms with Crippen LogP contribution in [0.15, 0.2) is 206 Å². The molecule has 2 aliphatic heterocycles. The summed E-state index contributed by atoms with van der Waals surface area (Å²) in [5.41, 5.74) is 32.9. The smallest absolute Gasteiger partial charge is 0.333 e. The molecule has 82 heavy (non-hydrogen) atoms. The van der Waals surface area contributed by atoms with Gasteiger partial charge in [-0.2, -0.15) is 0 Å². The van der Waals surface area contributed by atoms with Crippen LogP contribution in [-0.2, 0) is 24.7 Å². The van der Waals surface area contributed by atoms with E-state index in [1.807, 2.05) is 0 Å². The Hall–Kier alpha value is -8.34. The predicted molar refractivity (Wildman–Crippen MR) is 353 cm³/mol. The first-order chi connectivity index (χ1) is 40.1. The molecule has 0 aromatic heterocycles. The molecule has 0 amide bonds. The molecule has 0 radical (unpaired) electrons. The summed E-state index contributed by atoms with van der Waals surface area (Å²) >= 11 is 0. The van der Waals surface area contributed by atoms with Crippen molar-refractivity contribution in [3.8, 4) is 44.5 Å². The topological polar surface area (TPSA) is 9.72 Å². The molecule has 2 heterocycles. The molecule has 0 spiro atoms. The molecular weight excluding hydrogens is 990 g/mol. The molecule has 3 nitrogen and oxygen atoms in total. The van der Waals surface area contributed by atoms with Crippen LogP contribution in [0.2, 0.25) is 0 Å². The maximum absolute atomic E-state index is 2.75. The van der Waals surface area contributed by atoms with Crippen molar-refractivity contribution in [3.63, 3.8) is 0 Å². The number of hydrogen-bond acceptors (Lipinski definition) is 3. The Labute approximate surface area is 489 Å². The van der Waals surface area contributed by atoms with Crippen molar-refractivity contribution in [1.82, 2.24) is 0 Å². The number of hydrogen-bond donors (Lipinski definition) is 0. The second kappa shape index (κ2) is 21.9. The molecule has 0 saturated carbocycles. The van der Waals surface area contributed by atoms with E-state index in [9.17, 15) is 0 Å². The summed E-state index contributed by atoms with van der Waals surface area (Å²) in [4.78, 5) is 7.91. The first-order valence-electron chi connectivity index (χ1n) is 30.5. The zero-order valence-electron chi connectivity index (χ0n) is 49.4. The molecule has 13 rings (SSSR count). The number of rotatable bonds is 16. The molecule has 10 aromatic rings. The number of para-hydroxylation sites is 1. The summed E-state index contributed by atoms with van der Waals surface area (Å²) in [5, 5.41) is 0. The van der Waals surface area contributed by atoms with Gasteiger partial charge in [0, 0.05) is 56.4 Å². The molecule has 406 valence electrons. The third kappa shape index (κ3) is 9.16. The standard InChI is InChI=1S/C78H76BN3/c1-9-12-23-55-32-37-61(38-33-55)80(60-28-19-16-20-29-60)63-41-42-64-67-49-59(74-53(5)46-52(4)47-54(74)6)50-73-76(67)79(82(72(64)51-63)62-39-34-56(35-40-62)24-13-10-2)77-71(45-43-69-75(77)65-30-21-22-31-68(65)78(69,7)8)81(73)70-44-36-57(25-14-11-3)48-66(70)58-26-17-15-18-27-58/h15-22,26-51H,9-14,23-25H2,1-8H3. The molecule has 0 fully saturated rings. The van der Waals surface area contributed by atoms with Crippen LogP contribution in [0.25, 0.3) is 44.5 Å². The van der Waals surface area contributed by atoms with Crippen LogP contribution in [0.1, 0.15) is 118 Å². The fraction of sp³-hybridized carbons (Fsp3) is 0.231. The van der Waals surface area contributed by atoms with Gasteiger partial charge in [-0.1, -0.05) is 187 Å². The molecule has 0 saturated heterocycles. The van der Waals surface area contributed by atoms with Crippen molar-refractivity contribution in [2.45, 2.75) is 119 Å². The van der Waals surface area contributed by atoms with Gasteiger partial charge in [0.15, 0.2) is 0 Å². The Bertz CT molecular complexity index is 3980. The Morgan fingerprint density at radius 1 is 0.402 bits per heavy atom. The van der Waals surface area contributed by atoms with Gasteiger partial charge in [-0.15, -0.1) is 0 Å². The quantitative estimate of drug-likeness (QED) is 0.0893. The van der Waals surface area contributed by atoms with Crippen LogP contribution in [0.5, 0.6) is 0 Å². The van der Waals surface area contributed by atoms with E-state index >= 15 is 0 Å². The van der Waals surface area contributed by atoms with E-state index < -0.39 is 0 Å². The van der Waals surface area contributed by atoms with Crippen LogP contribution in [0.3, 0.4) is 0 Å². The Morgan fingerprint density at radius 2 is 0.988 bits per heavy atom. The van der Waals surface area contributed by atoms with Crippen LogP contribution in [-0.4, -0.2) is 6.85 Å². The second-order valence-corrected chi connectivity index (χ2v) is 24.2. The third-order valence-corrected chi connectivity index (χ3v) is 18.2. The first-order valence-corrected chi connectivity index (χ1v) is 30.5. The SMILES string of the molecule is CCCCc1ccc(N2B3c4c(cc(-c5c(C)cc(C)cc5C)cc4N(c4ccc(CCCC)cc4-c4ccccc4)c4ccc5c(c43)-c3ccccc3C5(C)C)-c3ccc(N(c4ccccc4)c4ccc(CCCC)cc4)cc32)cc1. The van der Waals surface area contributed by atoms with Gasteiger partial charge in [0.25, 0.3) is 0 Å². The highest BCUT2D eigenvalue weighted by atomic mass is 15.2. The van der Waals surface area contributed by atoms with E-state index in [1.165, 1.54) is 154 Å². The minimum absolute atomic E-state index is 0.210. The highest BCUT2D eigenvalue weighted by Crippen LogP contribution is 2.56. The van der Waals surface area contributed by atoms with Gasteiger partial charge in [0.1, 0.15) is 0 Å². The van der Waals surface area contributed by atoms with Gasteiger partial charge in [0.05, 0.1) is 5.69 Å². The third-order valence-electron chi connectivity index (χ3n) is 18.2. The molecule has 0 unspecified atom stereocenters. The average molecular weight is 1070 g/mol. The molecular formula is C78H76BN3. The average Bonchev–Trinajstić information content (AvgIpc) is 2.56. The number of unbranched alkanes of at least 4 members (excludes halogenated alkanes) is 3. The van der Waals surface area contributed by atoms with Crippen molar-refractivity contribution in [2.75, 3.05) is 14.6 Å². The number of nitrogens with zero attached hydrogens (tertiary/aromatic N) is 3. The maximum Gasteiger partial charge on any atom is 0.333 e. The van der Waals surface area contributed by atoms with Crippen molar-refractivity contribution in [3.05, 3.63) is 251 Å². The van der Waals surface area contributed by atoms with Crippen LogP contribution in [0, 0.1) is 20.8 Å². The highest BCUT2D eigenvalue weighted by Gasteiger charge is 2.50. The summed E-state index contributed by atoms with van der Waals surface area (Å²) in [6, 6.07) is 80.0. The van der Waals surface area contributed by atoms with E-state index in [1.54, 1.807) is 0 Å². The van der Waals surface area contributed by atoms with Crippen molar-refractivity contribution in [1.29, 1.82) is 0 Å². The minimum atomic E-state index is -0.219. The fourth-order valence-electron chi connectivity index (χ4n) is 14.3. The first kappa shape index (κ1) is 53.0. The largest absolute Gasteiger partial charge is 0.376 e. The van der Waals surface area contributed by atoms with E-state index in [-0.39, 0.29) is 12.3 Å². The zero-order valence-corrected chi connectivity index (χ0v) is 49.4. The van der Waals surface area contributed by atoms with Crippen LogP contribution in [0.4, 0.5) is 45.5 Å². The molecule has 0 N–H and O–H groups in total. The normalized spacial score (nSPS) is 13.3. The number of fused-ring (bicyclic) bond motifs is 8. The van der Waals surface area contributed by atoms with Crippen LogP contribution >= 0.6 is 0 Å². The maximum atomic E-state index is 2.75. The molecule has 1 aliphatic carbocycles. The van der Waals surface area contributed by atoms with Gasteiger partial charge in [-0.3, -0.25) is 0 Å². The monoisotopic (exact) mass is 1070 g/mol. The lowest BCUT2D eigenvalue weighted by Gasteiger charge is -2.47. The molecule has 3 aliphatic rings. The van der Waals surface area contributed by atoms with Crippen molar-refractivity contribution >= 4 is 63.3 Å². The fourth-order valence-corrected chi connectivity index (χ4v) is 14.3. The zero-order chi connectivity index (χ0) is 56.2. The Balaban J connectivity index is 1.17. The van der Waals surface area contributed by atoms with E-state index in [0.717, 1.165) is 49.2 Å². The number of aryl methyl sites for hydroxylation is 6. The summed E-state index contributed by atoms with van der Waals surface area (Å²) in [6.45, 7) is 18.4. The lowest BCUT2D eigenvalue weighted by molar-refractivity contribution is 0.660. The van der Waals surface area contributed by atoms with Crippen LogP contribution < -0.4 is 25.5 Å². The summed E-state index contributed by atoms with van der Waals surface area (Å²) < 4.78 is 0. The van der Waals surface area contributed by atoms with Gasteiger partial charge in [-0.05, 0) is 221 Å². The number of benzene rings is 10. The van der Waals surface area contributed by atoms with E-state index in [0.29, 0.717) is 0 Å². The van der Waals surface area contributed by atoms with Gasteiger partial charge >= 0.3 is 6.85 Å². The van der Waals surface area contributed by atoms with E-state index in [4.69, 9.17) is 0 Å². The van der Waals surface area contributed by atoms with Gasteiger partial charge in [0.2, 0.25) is 0 Å². The number of anilines is 8. The summed E-state index contributed by atoms with van der Waals surface area (Å²) in [6.07, 6.45) is 10.2. The Morgan fingerprint density at radius 3 is 1.67 bits per heavy atom. The second-order valence-electron chi connectivity index (χ2n) is 24.2. The molecule has 4 heteroatoms. The van der Waals surface area contributed by atoms with Gasteiger partial charge < -0.3 is 14.6 Å². The molecule has 0 bridgehead atoms. The lowest BCUT2D eigenvalue weighted by Crippen LogP contribution is -2.62. The molecule has 0 atom stereocenters. The highest BCUT2D eigenvalue weighted by molar-refractivity contribution is 6.94. The minimum Gasteiger partial charge on any atom is -0.376 e. The summed E-state index contributed by atoms with van der Waals surface area (Å²) in [5.74, 6) is 0. The van der Waals surface area contributed by atoms with Crippen molar-refractivity contribution < 1.29 is 0 Å². The Kier molecular flexibility index (Phi) is 14.1. The molecule has 10 aromatic carbocycles. The van der Waals surface area contributed by atoms with E-state index in [2.05, 4.69) is 276 Å². The lowest BCUT2D eigenvalue weighted by atomic mass is 9.42. The van der Waals surface area contributed by atoms with Crippen molar-refractivity contribution in [2.24, 2.45) is 0 Å². The summed E-state index contributed by atoms with van der Waals surface area (Å²) in [7, 11) is 0.